The number of hydrazine groups is 1. The molecule has 26 heavy (non-hydrogen) atoms. The van der Waals surface area contributed by atoms with E-state index in [9.17, 15) is 9.59 Å². The van der Waals surface area contributed by atoms with Crippen molar-refractivity contribution in [1.82, 2.24) is 10.9 Å². The van der Waals surface area contributed by atoms with Crippen molar-refractivity contribution in [3.05, 3.63) is 59.7 Å². The summed E-state index contributed by atoms with van der Waals surface area (Å²) in [6.45, 7) is 6.18. The van der Waals surface area contributed by atoms with Crippen LogP contribution in [0.4, 0.5) is 0 Å². The van der Waals surface area contributed by atoms with Gasteiger partial charge in [-0.3, -0.25) is 20.4 Å². The standard InChI is InChI=1S/C20H24N2O4/c1-20(2,3)15-7-11-17(12-8-15)26-13-18(23)21-22-19(24)14-5-9-16(25-4)10-6-14/h5-12H,13H2,1-4H3,(H,21,23)(H,22,24). The number of rotatable bonds is 5. The lowest BCUT2D eigenvalue weighted by Gasteiger charge is -2.19. The van der Waals surface area contributed by atoms with E-state index in [0.29, 0.717) is 17.1 Å². The Morgan fingerprint density at radius 1 is 0.885 bits per heavy atom. The molecule has 2 rings (SSSR count). The third-order valence-corrected chi connectivity index (χ3v) is 3.76. The summed E-state index contributed by atoms with van der Waals surface area (Å²) in [7, 11) is 1.55. The SMILES string of the molecule is COc1ccc(C(=O)NNC(=O)COc2ccc(C(C)(C)C)cc2)cc1. The Kier molecular flexibility index (Phi) is 6.22. The van der Waals surface area contributed by atoms with Crippen molar-refractivity contribution >= 4 is 11.8 Å². The molecule has 2 N–H and O–H groups in total. The lowest BCUT2D eigenvalue weighted by Crippen LogP contribution is -2.43. The summed E-state index contributed by atoms with van der Waals surface area (Å²) in [4.78, 5) is 23.8. The fraction of sp³-hybridized carbons (Fsp3) is 0.300. The lowest BCUT2D eigenvalue weighted by molar-refractivity contribution is -0.123. The van der Waals surface area contributed by atoms with Crippen molar-refractivity contribution in [2.24, 2.45) is 0 Å². The molecule has 0 radical (unpaired) electrons. The van der Waals surface area contributed by atoms with Crippen LogP contribution in [-0.2, 0) is 10.2 Å². The molecule has 0 aliphatic heterocycles. The molecule has 0 saturated carbocycles. The van der Waals surface area contributed by atoms with Gasteiger partial charge in [-0.25, -0.2) is 0 Å². The van der Waals surface area contributed by atoms with Gasteiger partial charge in [0.25, 0.3) is 11.8 Å². The first-order chi connectivity index (χ1) is 12.3. The Labute approximate surface area is 153 Å². The number of hydrogen-bond donors (Lipinski definition) is 2. The van der Waals surface area contributed by atoms with Gasteiger partial charge in [0, 0.05) is 5.56 Å². The first kappa shape index (κ1) is 19.3. The zero-order valence-corrected chi connectivity index (χ0v) is 15.5. The largest absolute Gasteiger partial charge is 0.497 e. The van der Waals surface area contributed by atoms with Gasteiger partial charge < -0.3 is 9.47 Å². The normalized spacial score (nSPS) is 10.8. The third kappa shape index (κ3) is 5.51. The van der Waals surface area contributed by atoms with Crippen LogP contribution in [0.5, 0.6) is 11.5 Å². The Morgan fingerprint density at radius 2 is 1.46 bits per heavy atom. The van der Waals surface area contributed by atoms with E-state index < -0.39 is 11.8 Å². The van der Waals surface area contributed by atoms with Gasteiger partial charge in [-0.15, -0.1) is 0 Å². The van der Waals surface area contributed by atoms with Gasteiger partial charge in [0.05, 0.1) is 7.11 Å². The summed E-state index contributed by atoms with van der Waals surface area (Å²) >= 11 is 0. The molecule has 0 bridgehead atoms. The molecular formula is C20H24N2O4. The molecule has 0 spiro atoms. The minimum atomic E-state index is -0.452. The number of hydrogen-bond acceptors (Lipinski definition) is 4. The van der Waals surface area contributed by atoms with Gasteiger partial charge in [-0.05, 0) is 47.4 Å². The Hall–Kier alpha value is -3.02. The predicted octanol–water partition coefficient (Wildman–Crippen LogP) is 2.83. The van der Waals surface area contributed by atoms with Crippen molar-refractivity contribution in [2.75, 3.05) is 13.7 Å². The second-order valence-electron chi connectivity index (χ2n) is 6.79. The van der Waals surface area contributed by atoms with E-state index >= 15 is 0 Å². The maximum Gasteiger partial charge on any atom is 0.276 e. The molecule has 2 amide bonds. The summed E-state index contributed by atoms with van der Waals surface area (Å²) in [5.74, 6) is 0.369. The molecule has 0 fully saturated rings. The molecule has 0 heterocycles. The minimum Gasteiger partial charge on any atom is -0.497 e. The number of carbonyl (C=O) groups excluding carboxylic acids is 2. The molecular weight excluding hydrogens is 332 g/mol. The molecule has 0 aliphatic rings. The molecule has 6 heteroatoms. The monoisotopic (exact) mass is 356 g/mol. The van der Waals surface area contributed by atoms with Crippen LogP contribution in [0.1, 0.15) is 36.7 Å². The first-order valence-corrected chi connectivity index (χ1v) is 8.26. The summed E-state index contributed by atoms with van der Waals surface area (Å²) < 4.78 is 10.5. The topological polar surface area (TPSA) is 76.7 Å². The molecule has 0 unspecified atom stereocenters. The van der Waals surface area contributed by atoms with Crippen LogP contribution in [-0.4, -0.2) is 25.5 Å². The number of ether oxygens (including phenoxy) is 2. The van der Waals surface area contributed by atoms with Crippen molar-refractivity contribution in [1.29, 1.82) is 0 Å². The number of carbonyl (C=O) groups is 2. The average molecular weight is 356 g/mol. The highest BCUT2D eigenvalue weighted by molar-refractivity contribution is 5.95. The zero-order valence-electron chi connectivity index (χ0n) is 15.5. The number of nitrogens with one attached hydrogen (secondary N) is 2. The summed E-state index contributed by atoms with van der Waals surface area (Å²) in [6, 6.07) is 14.1. The summed E-state index contributed by atoms with van der Waals surface area (Å²) in [6.07, 6.45) is 0. The maximum absolute atomic E-state index is 11.9. The number of benzene rings is 2. The molecule has 2 aromatic carbocycles. The second kappa shape index (κ2) is 8.38. The highest BCUT2D eigenvalue weighted by atomic mass is 16.5. The zero-order chi connectivity index (χ0) is 19.2. The summed E-state index contributed by atoms with van der Waals surface area (Å²) in [5, 5.41) is 0. The van der Waals surface area contributed by atoms with Gasteiger partial charge in [0.2, 0.25) is 0 Å². The molecule has 0 aliphatic carbocycles. The minimum absolute atomic E-state index is 0.0572. The third-order valence-electron chi connectivity index (χ3n) is 3.76. The maximum atomic E-state index is 11.9. The van der Waals surface area contributed by atoms with E-state index in [-0.39, 0.29) is 12.0 Å². The predicted molar refractivity (Wildman–Crippen MR) is 99.2 cm³/mol. The van der Waals surface area contributed by atoms with E-state index in [1.807, 2.05) is 24.3 Å². The van der Waals surface area contributed by atoms with Crippen molar-refractivity contribution in [3.8, 4) is 11.5 Å². The number of amides is 2. The van der Waals surface area contributed by atoms with Crippen molar-refractivity contribution in [2.45, 2.75) is 26.2 Å². The van der Waals surface area contributed by atoms with Crippen LogP contribution in [0, 0.1) is 0 Å². The first-order valence-electron chi connectivity index (χ1n) is 8.26. The van der Waals surface area contributed by atoms with E-state index in [4.69, 9.17) is 9.47 Å². The van der Waals surface area contributed by atoms with Crippen molar-refractivity contribution in [3.63, 3.8) is 0 Å². The fourth-order valence-electron chi connectivity index (χ4n) is 2.18. The van der Waals surface area contributed by atoms with Crippen LogP contribution in [0.3, 0.4) is 0 Å². The Bertz CT molecular complexity index is 747. The van der Waals surface area contributed by atoms with Gasteiger partial charge in [0.15, 0.2) is 6.61 Å². The van der Waals surface area contributed by atoms with Gasteiger partial charge in [0.1, 0.15) is 11.5 Å². The molecule has 6 nitrogen and oxygen atoms in total. The Balaban J connectivity index is 1.78. The fourth-order valence-corrected chi connectivity index (χ4v) is 2.18. The van der Waals surface area contributed by atoms with Crippen LogP contribution in [0.2, 0.25) is 0 Å². The molecule has 138 valence electrons. The van der Waals surface area contributed by atoms with Crippen LogP contribution in [0.15, 0.2) is 48.5 Å². The van der Waals surface area contributed by atoms with Crippen LogP contribution in [0.25, 0.3) is 0 Å². The van der Waals surface area contributed by atoms with E-state index in [2.05, 4.69) is 31.6 Å². The van der Waals surface area contributed by atoms with E-state index in [0.717, 1.165) is 0 Å². The summed E-state index contributed by atoms with van der Waals surface area (Å²) in [5.41, 5.74) is 6.31. The highest BCUT2D eigenvalue weighted by Gasteiger charge is 2.13. The highest BCUT2D eigenvalue weighted by Crippen LogP contribution is 2.24. The van der Waals surface area contributed by atoms with E-state index in [1.165, 1.54) is 5.56 Å². The number of methoxy groups -OCH3 is 1. The second-order valence-corrected chi connectivity index (χ2v) is 6.79. The smallest absolute Gasteiger partial charge is 0.276 e. The average Bonchev–Trinajstić information content (AvgIpc) is 2.64. The van der Waals surface area contributed by atoms with E-state index in [1.54, 1.807) is 31.4 Å². The van der Waals surface area contributed by atoms with Gasteiger partial charge >= 0.3 is 0 Å². The van der Waals surface area contributed by atoms with Gasteiger partial charge in [-0.1, -0.05) is 32.9 Å². The van der Waals surface area contributed by atoms with Crippen LogP contribution >= 0.6 is 0 Å². The van der Waals surface area contributed by atoms with Crippen molar-refractivity contribution < 1.29 is 19.1 Å². The Morgan fingerprint density at radius 3 is 2.00 bits per heavy atom. The molecule has 2 aromatic rings. The lowest BCUT2D eigenvalue weighted by atomic mass is 9.87. The molecule has 0 atom stereocenters. The van der Waals surface area contributed by atoms with Crippen LogP contribution < -0.4 is 20.3 Å². The molecule has 0 saturated heterocycles. The van der Waals surface area contributed by atoms with Gasteiger partial charge in [-0.2, -0.15) is 0 Å². The quantitative estimate of drug-likeness (QED) is 0.808. The molecule has 0 aromatic heterocycles.